The van der Waals surface area contributed by atoms with Crippen molar-refractivity contribution in [3.05, 3.63) is 30.0 Å². The van der Waals surface area contributed by atoms with Gasteiger partial charge in [-0.1, -0.05) is 26.0 Å². The van der Waals surface area contributed by atoms with Crippen molar-refractivity contribution >= 4 is 0 Å². The smallest absolute Gasteiger partial charge is 0.00655 e. The maximum atomic E-state index is 3.89. The predicted molar refractivity (Wildman–Crippen MR) is 47.0 cm³/mol. The summed E-state index contributed by atoms with van der Waals surface area (Å²) in [5, 5.41) is 0. The van der Waals surface area contributed by atoms with Gasteiger partial charge in [0.2, 0.25) is 0 Å². The van der Waals surface area contributed by atoms with Crippen molar-refractivity contribution in [2.24, 2.45) is 0 Å². The van der Waals surface area contributed by atoms with Crippen molar-refractivity contribution in [1.82, 2.24) is 0 Å². The monoisotopic (exact) mass is 136 g/mol. The minimum Gasteiger partial charge on any atom is -0.129 e. The third kappa shape index (κ3) is 5.40. The Bertz CT molecular complexity index is 145. The third-order valence-corrected chi connectivity index (χ3v) is 1.33. The second-order valence-electron chi connectivity index (χ2n) is 2.29. The highest BCUT2D eigenvalue weighted by Gasteiger charge is 1.82. The van der Waals surface area contributed by atoms with E-state index in [2.05, 4.69) is 26.2 Å². The minimum absolute atomic E-state index is 0.979. The molecule has 0 atom stereocenters. The molecule has 0 fully saturated rings. The molecule has 0 nitrogen and oxygen atoms in total. The lowest BCUT2D eigenvalue weighted by molar-refractivity contribution is 1.04. The summed E-state index contributed by atoms with van der Waals surface area (Å²) in [7, 11) is 0. The second kappa shape index (κ2) is 6.38. The molecule has 0 bridgehead atoms. The van der Waals surface area contributed by atoms with E-state index in [9.17, 15) is 0 Å². The average Bonchev–Trinajstić information content (AvgIpc) is 1.98. The molecule has 0 spiro atoms. The lowest BCUT2D eigenvalue weighted by atomic mass is 10.2. The van der Waals surface area contributed by atoms with E-state index in [-0.39, 0.29) is 0 Å². The van der Waals surface area contributed by atoms with E-state index in [0.29, 0.717) is 0 Å². The lowest BCUT2D eigenvalue weighted by Crippen LogP contribution is -1.71. The van der Waals surface area contributed by atoms with Crippen LogP contribution in [0.3, 0.4) is 0 Å². The molecular weight excluding hydrogens is 120 g/mol. The Labute approximate surface area is 64.0 Å². The highest BCUT2D eigenvalue weighted by Crippen LogP contribution is 2.01. The Kier molecular flexibility index (Phi) is 5.91. The Morgan fingerprint density at radius 2 is 2.10 bits per heavy atom. The summed E-state index contributed by atoms with van der Waals surface area (Å²) in [6.07, 6.45) is 7.19. The van der Waals surface area contributed by atoms with Crippen molar-refractivity contribution in [2.45, 2.75) is 33.1 Å². The van der Waals surface area contributed by atoms with Crippen molar-refractivity contribution in [2.75, 3.05) is 0 Å². The van der Waals surface area contributed by atoms with E-state index in [1.807, 2.05) is 12.2 Å². The van der Waals surface area contributed by atoms with Gasteiger partial charge < -0.3 is 0 Å². The summed E-state index contributed by atoms with van der Waals surface area (Å²) >= 11 is 0. The molecular formula is C10H16. The maximum absolute atomic E-state index is 3.89. The van der Waals surface area contributed by atoms with Crippen molar-refractivity contribution in [3.63, 3.8) is 0 Å². The molecule has 0 rings (SSSR count). The highest BCUT2D eigenvalue weighted by molar-refractivity contribution is 5.01. The van der Waals surface area contributed by atoms with E-state index in [1.54, 1.807) is 0 Å². The molecule has 0 aromatic rings. The van der Waals surface area contributed by atoms with Gasteiger partial charge in [0, 0.05) is 0 Å². The van der Waals surface area contributed by atoms with Crippen LogP contribution in [0.5, 0.6) is 0 Å². The molecule has 0 saturated carbocycles. The second-order valence-corrected chi connectivity index (χ2v) is 2.29. The summed E-state index contributed by atoms with van der Waals surface area (Å²) in [4.78, 5) is 0. The van der Waals surface area contributed by atoms with Gasteiger partial charge in [-0.3, -0.25) is 0 Å². The molecule has 0 unspecified atom stereocenters. The first-order valence-electron chi connectivity index (χ1n) is 3.87. The third-order valence-electron chi connectivity index (χ3n) is 1.33. The predicted octanol–water partition coefficient (Wildman–Crippen LogP) is 3.46. The summed E-state index contributed by atoms with van der Waals surface area (Å²) in [6.45, 7) is 8.12. The van der Waals surface area contributed by atoms with Gasteiger partial charge in [0.05, 0.1) is 0 Å². The fourth-order valence-electron chi connectivity index (χ4n) is 0.549. The Balaban J connectivity index is 3.52. The molecule has 0 heteroatoms. The van der Waals surface area contributed by atoms with Crippen LogP contribution in [0.2, 0.25) is 0 Å². The van der Waals surface area contributed by atoms with Crippen LogP contribution >= 0.6 is 0 Å². The molecule has 0 saturated heterocycles. The van der Waals surface area contributed by atoms with Gasteiger partial charge in [0.25, 0.3) is 0 Å². The molecule has 0 aliphatic heterocycles. The van der Waals surface area contributed by atoms with E-state index >= 15 is 0 Å². The summed E-state index contributed by atoms with van der Waals surface area (Å²) < 4.78 is 0. The first kappa shape index (κ1) is 9.26. The van der Waals surface area contributed by atoms with Gasteiger partial charge in [0.15, 0.2) is 0 Å². The summed E-state index contributed by atoms with van der Waals surface area (Å²) in [5.41, 5.74) is 4.36. The quantitative estimate of drug-likeness (QED) is 0.410. The van der Waals surface area contributed by atoms with Crippen molar-refractivity contribution in [3.8, 4) is 0 Å². The number of hydrogen-bond donors (Lipinski definition) is 0. The molecule has 0 aliphatic rings. The largest absolute Gasteiger partial charge is 0.129 e. The topological polar surface area (TPSA) is 0 Å². The molecule has 0 aliphatic carbocycles. The summed E-state index contributed by atoms with van der Waals surface area (Å²) in [5.74, 6) is 0. The lowest BCUT2D eigenvalue weighted by Gasteiger charge is -1.91. The van der Waals surface area contributed by atoms with Crippen LogP contribution in [0.1, 0.15) is 33.1 Å². The van der Waals surface area contributed by atoms with Crippen LogP contribution in [0.4, 0.5) is 0 Å². The van der Waals surface area contributed by atoms with E-state index < -0.39 is 0 Å². The van der Waals surface area contributed by atoms with E-state index in [1.165, 1.54) is 5.57 Å². The summed E-state index contributed by atoms with van der Waals surface area (Å²) in [6, 6.07) is 0. The number of hydrogen-bond acceptors (Lipinski definition) is 0. The molecule has 10 heavy (non-hydrogen) atoms. The van der Waals surface area contributed by atoms with Crippen LogP contribution in [0, 0.1) is 0 Å². The van der Waals surface area contributed by atoms with Crippen LogP contribution in [0.15, 0.2) is 30.0 Å². The molecule has 0 radical (unpaired) electrons. The van der Waals surface area contributed by atoms with Crippen LogP contribution < -0.4 is 0 Å². The highest BCUT2D eigenvalue weighted by atomic mass is 13.9. The molecule has 56 valence electrons. The normalized spacial score (nSPS) is 8.20. The Hall–Kier alpha value is -0.740. The zero-order chi connectivity index (χ0) is 7.82. The SMILES string of the molecule is C=C(CC)CC=C=CCC. The molecule has 0 heterocycles. The molecule has 0 aromatic heterocycles. The fraction of sp³-hybridized carbons (Fsp3) is 0.500. The first-order valence-corrected chi connectivity index (χ1v) is 3.87. The molecule has 0 amide bonds. The molecule has 0 aromatic carbocycles. The van der Waals surface area contributed by atoms with Gasteiger partial charge in [-0.25, -0.2) is 0 Å². The van der Waals surface area contributed by atoms with E-state index in [0.717, 1.165) is 19.3 Å². The van der Waals surface area contributed by atoms with Gasteiger partial charge in [-0.2, -0.15) is 0 Å². The standard InChI is InChI=1S/C10H16/c1-4-6-7-8-9-10(3)5-2/h6,8H,3-5,9H2,1-2H3. The average molecular weight is 136 g/mol. The minimum atomic E-state index is 0.979. The van der Waals surface area contributed by atoms with Crippen LogP contribution in [-0.2, 0) is 0 Å². The van der Waals surface area contributed by atoms with Crippen LogP contribution in [-0.4, -0.2) is 0 Å². The van der Waals surface area contributed by atoms with Crippen molar-refractivity contribution < 1.29 is 0 Å². The molecule has 0 N–H and O–H groups in total. The van der Waals surface area contributed by atoms with Gasteiger partial charge >= 0.3 is 0 Å². The van der Waals surface area contributed by atoms with E-state index in [4.69, 9.17) is 0 Å². The maximum Gasteiger partial charge on any atom is -0.00655 e. The van der Waals surface area contributed by atoms with Gasteiger partial charge in [-0.15, -0.1) is 5.73 Å². The number of rotatable bonds is 4. The van der Waals surface area contributed by atoms with Gasteiger partial charge in [0.1, 0.15) is 0 Å². The first-order chi connectivity index (χ1) is 4.81. The zero-order valence-corrected chi connectivity index (χ0v) is 6.98. The number of allylic oxidation sites excluding steroid dienone is 2. The zero-order valence-electron chi connectivity index (χ0n) is 6.98. The van der Waals surface area contributed by atoms with Gasteiger partial charge in [-0.05, 0) is 31.4 Å². The van der Waals surface area contributed by atoms with Crippen LogP contribution in [0.25, 0.3) is 0 Å². The van der Waals surface area contributed by atoms with Crippen molar-refractivity contribution in [1.29, 1.82) is 0 Å². The Morgan fingerprint density at radius 3 is 2.60 bits per heavy atom. The Morgan fingerprint density at radius 1 is 1.40 bits per heavy atom. The fourth-order valence-corrected chi connectivity index (χ4v) is 0.549.